The third-order valence-electron chi connectivity index (χ3n) is 3.59. The van der Waals surface area contributed by atoms with E-state index in [1.54, 1.807) is 24.3 Å². The first-order chi connectivity index (χ1) is 14.3. The molecule has 1 amide bonds. The first kappa shape index (κ1) is 20.6. The van der Waals surface area contributed by atoms with Gasteiger partial charge in [0, 0.05) is 6.92 Å². The van der Waals surface area contributed by atoms with Gasteiger partial charge in [-0.2, -0.15) is 0 Å². The monoisotopic (exact) mass is 427 g/mol. The average Bonchev–Trinajstić information content (AvgIpc) is 3.17. The molecule has 152 valence electrons. The van der Waals surface area contributed by atoms with Crippen LogP contribution in [0, 0.1) is 10.1 Å². The van der Waals surface area contributed by atoms with Gasteiger partial charge in [0.15, 0.2) is 5.13 Å². The molecule has 0 atom stereocenters. The van der Waals surface area contributed by atoms with Crippen molar-refractivity contribution in [2.24, 2.45) is 0 Å². The quantitative estimate of drug-likeness (QED) is 0.273. The van der Waals surface area contributed by atoms with E-state index in [0.29, 0.717) is 11.3 Å². The standard InChI is InChI=1S/C19H13N3O7S/c1-11(23)28-15-9-5-3-7-13(15)18(25)29-14-8-4-2-6-12(14)17(24)21-19-20-10-16(30-19)22(26)27/h2-10H,1H3,(H,20,21,24). The Hall–Kier alpha value is -4.12. The minimum Gasteiger partial charge on any atom is -0.426 e. The summed E-state index contributed by atoms with van der Waals surface area (Å²) in [4.78, 5) is 50.3. The van der Waals surface area contributed by atoms with Crippen LogP contribution in [0.2, 0.25) is 0 Å². The highest BCUT2D eigenvalue weighted by atomic mass is 32.1. The van der Waals surface area contributed by atoms with Crippen LogP contribution in [0.25, 0.3) is 0 Å². The minimum atomic E-state index is -0.836. The van der Waals surface area contributed by atoms with Crippen LogP contribution in [-0.2, 0) is 4.79 Å². The van der Waals surface area contributed by atoms with E-state index in [1.807, 2.05) is 0 Å². The van der Waals surface area contributed by atoms with Gasteiger partial charge in [0.1, 0.15) is 23.3 Å². The molecule has 0 radical (unpaired) electrons. The zero-order valence-electron chi connectivity index (χ0n) is 15.4. The predicted octanol–water partition coefficient (Wildman–Crippen LogP) is 3.45. The van der Waals surface area contributed by atoms with Crippen molar-refractivity contribution >= 4 is 39.3 Å². The van der Waals surface area contributed by atoms with Gasteiger partial charge >= 0.3 is 16.9 Å². The zero-order valence-corrected chi connectivity index (χ0v) is 16.2. The molecule has 1 heterocycles. The van der Waals surface area contributed by atoms with E-state index >= 15 is 0 Å². The zero-order chi connectivity index (χ0) is 21.7. The van der Waals surface area contributed by atoms with Gasteiger partial charge in [-0.3, -0.25) is 25.0 Å². The van der Waals surface area contributed by atoms with Crippen molar-refractivity contribution in [1.29, 1.82) is 0 Å². The van der Waals surface area contributed by atoms with Gasteiger partial charge in [-0.25, -0.2) is 9.78 Å². The van der Waals surface area contributed by atoms with Gasteiger partial charge in [-0.15, -0.1) is 0 Å². The van der Waals surface area contributed by atoms with E-state index in [0.717, 1.165) is 6.20 Å². The van der Waals surface area contributed by atoms with Crippen molar-refractivity contribution < 1.29 is 28.8 Å². The molecule has 1 N–H and O–H groups in total. The van der Waals surface area contributed by atoms with E-state index in [1.165, 1.54) is 31.2 Å². The van der Waals surface area contributed by atoms with E-state index in [2.05, 4.69) is 10.3 Å². The normalized spacial score (nSPS) is 10.2. The second-order valence-electron chi connectivity index (χ2n) is 5.69. The average molecular weight is 427 g/mol. The largest absolute Gasteiger partial charge is 0.426 e. The van der Waals surface area contributed by atoms with E-state index < -0.39 is 22.8 Å². The van der Waals surface area contributed by atoms with Crippen LogP contribution in [0.15, 0.2) is 54.7 Å². The number of para-hydroxylation sites is 2. The van der Waals surface area contributed by atoms with Gasteiger partial charge in [0.25, 0.3) is 5.91 Å². The molecule has 0 saturated carbocycles. The smallest absolute Gasteiger partial charge is 0.347 e. The maximum atomic E-state index is 12.6. The number of nitrogens with zero attached hydrogens (tertiary/aromatic N) is 2. The van der Waals surface area contributed by atoms with Crippen LogP contribution in [0.5, 0.6) is 11.5 Å². The third-order valence-corrected chi connectivity index (χ3v) is 4.45. The van der Waals surface area contributed by atoms with Crippen LogP contribution in [0.1, 0.15) is 27.6 Å². The second-order valence-corrected chi connectivity index (χ2v) is 6.70. The van der Waals surface area contributed by atoms with Crippen molar-refractivity contribution in [3.63, 3.8) is 0 Å². The summed E-state index contributed by atoms with van der Waals surface area (Å²) in [6.07, 6.45) is 1.03. The van der Waals surface area contributed by atoms with Crippen molar-refractivity contribution in [2.75, 3.05) is 5.32 Å². The molecule has 10 nitrogen and oxygen atoms in total. The van der Waals surface area contributed by atoms with E-state index in [9.17, 15) is 24.5 Å². The minimum absolute atomic E-state index is 0.00143. The van der Waals surface area contributed by atoms with Crippen molar-refractivity contribution in [3.05, 3.63) is 76.0 Å². The highest BCUT2D eigenvalue weighted by molar-refractivity contribution is 7.18. The third kappa shape index (κ3) is 4.83. The lowest BCUT2D eigenvalue weighted by Gasteiger charge is -2.11. The first-order valence-electron chi connectivity index (χ1n) is 8.35. The number of esters is 2. The number of ether oxygens (including phenoxy) is 2. The van der Waals surface area contributed by atoms with Crippen LogP contribution in [0.3, 0.4) is 0 Å². The fourth-order valence-corrected chi connectivity index (χ4v) is 2.98. The summed E-state index contributed by atoms with van der Waals surface area (Å²) < 4.78 is 10.3. The van der Waals surface area contributed by atoms with E-state index in [-0.39, 0.29) is 32.8 Å². The van der Waals surface area contributed by atoms with Crippen LogP contribution in [-0.4, -0.2) is 27.8 Å². The molecular weight excluding hydrogens is 414 g/mol. The van der Waals surface area contributed by atoms with Gasteiger partial charge in [-0.05, 0) is 35.6 Å². The maximum absolute atomic E-state index is 12.6. The first-order valence-corrected chi connectivity index (χ1v) is 9.17. The van der Waals surface area contributed by atoms with E-state index in [4.69, 9.17) is 9.47 Å². The number of rotatable bonds is 6. The number of hydrogen-bond acceptors (Lipinski definition) is 9. The number of nitro groups is 1. The Bertz CT molecular complexity index is 1140. The SMILES string of the molecule is CC(=O)Oc1ccccc1C(=O)Oc1ccccc1C(=O)Nc1ncc([N+](=O)[O-])s1. The molecule has 0 saturated heterocycles. The molecule has 2 aromatic carbocycles. The maximum Gasteiger partial charge on any atom is 0.347 e. The Morgan fingerprint density at radius 3 is 2.20 bits per heavy atom. The Labute approximate surface area is 173 Å². The summed E-state index contributed by atoms with van der Waals surface area (Å²) in [6.45, 7) is 1.20. The molecule has 0 spiro atoms. The summed E-state index contributed by atoms with van der Waals surface area (Å²) in [5.74, 6) is -2.14. The molecular formula is C19H13N3O7S. The van der Waals surface area contributed by atoms with Gasteiger partial charge in [-0.1, -0.05) is 24.3 Å². The number of amides is 1. The fraction of sp³-hybridized carbons (Fsp3) is 0.0526. The molecule has 0 aliphatic rings. The second kappa shape index (κ2) is 8.92. The number of aromatic nitrogens is 1. The van der Waals surface area contributed by atoms with Crippen LogP contribution in [0.4, 0.5) is 10.1 Å². The van der Waals surface area contributed by atoms with Gasteiger partial charge in [0.2, 0.25) is 0 Å². The summed E-state index contributed by atoms with van der Waals surface area (Å²) in [7, 11) is 0. The van der Waals surface area contributed by atoms with Crippen LogP contribution >= 0.6 is 11.3 Å². The van der Waals surface area contributed by atoms with Gasteiger partial charge in [0.05, 0.1) is 10.5 Å². The topological polar surface area (TPSA) is 138 Å². The lowest BCUT2D eigenvalue weighted by Crippen LogP contribution is -2.17. The molecule has 0 aliphatic carbocycles. The molecule has 0 fully saturated rings. The summed E-state index contributed by atoms with van der Waals surface area (Å²) in [6, 6.07) is 11.9. The number of anilines is 1. The van der Waals surface area contributed by atoms with Gasteiger partial charge < -0.3 is 9.47 Å². The fourth-order valence-electron chi connectivity index (χ4n) is 2.35. The Balaban J connectivity index is 1.81. The number of benzene rings is 2. The molecule has 30 heavy (non-hydrogen) atoms. The Morgan fingerprint density at radius 2 is 1.60 bits per heavy atom. The van der Waals surface area contributed by atoms with Crippen LogP contribution < -0.4 is 14.8 Å². The highest BCUT2D eigenvalue weighted by Crippen LogP contribution is 2.27. The Kier molecular flexibility index (Phi) is 6.13. The molecule has 1 aromatic heterocycles. The molecule has 0 unspecified atom stereocenters. The predicted molar refractivity (Wildman–Crippen MR) is 106 cm³/mol. The number of hydrogen-bond donors (Lipinski definition) is 1. The van der Waals surface area contributed by atoms with Crippen molar-refractivity contribution in [1.82, 2.24) is 4.98 Å². The number of thiazole rings is 1. The molecule has 3 aromatic rings. The molecule has 0 aliphatic heterocycles. The molecule has 0 bridgehead atoms. The molecule has 11 heteroatoms. The summed E-state index contributed by atoms with van der Waals surface area (Å²) >= 11 is 0.690. The number of nitrogens with one attached hydrogen (secondary N) is 1. The van der Waals surface area contributed by atoms with Crippen molar-refractivity contribution in [2.45, 2.75) is 6.92 Å². The Morgan fingerprint density at radius 1 is 1.00 bits per heavy atom. The number of carbonyl (C=O) groups excluding carboxylic acids is 3. The highest BCUT2D eigenvalue weighted by Gasteiger charge is 2.21. The summed E-state index contributed by atoms with van der Waals surface area (Å²) in [5, 5.41) is 13.0. The molecule has 3 rings (SSSR count). The lowest BCUT2D eigenvalue weighted by molar-refractivity contribution is -0.380. The number of carbonyl (C=O) groups is 3. The summed E-state index contributed by atoms with van der Waals surface area (Å²) in [5.41, 5.74) is 0.00660. The van der Waals surface area contributed by atoms with Crippen molar-refractivity contribution in [3.8, 4) is 11.5 Å². The lowest BCUT2D eigenvalue weighted by atomic mass is 10.1.